The van der Waals surface area contributed by atoms with E-state index in [-0.39, 0.29) is 22.3 Å². The van der Waals surface area contributed by atoms with Gasteiger partial charge in [0, 0.05) is 12.5 Å². The van der Waals surface area contributed by atoms with E-state index >= 15 is 0 Å². The van der Waals surface area contributed by atoms with Gasteiger partial charge in [0.25, 0.3) is 0 Å². The summed E-state index contributed by atoms with van der Waals surface area (Å²) in [5.74, 6) is -1.61. The summed E-state index contributed by atoms with van der Waals surface area (Å²) in [5, 5.41) is 0.209. The van der Waals surface area contributed by atoms with Gasteiger partial charge in [-0.1, -0.05) is 26.8 Å². The Kier molecular flexibility index (Phi) is 6.78. The zero-order valence-electron chi connectivity index (χ0n) is 16.7. The van der Waals surface area contributed by atoms with Gasteiger partial charge in [-0.3, -0.25) is 4.79 Å². The average molecular weight is 383 g/mol. The van der Waals surface area contributed by atoms with E-state index in [1.54, 1.807) is 0 Å². The molecule has 1 aliphatic rings. The zero-order valence-corrected chi connectivity index (χ0v) is 17.7. The minimum Gasteiger partial charge on any atom is -0.417 e. The highest BCUT2D eigenvalue weighted by Crippen LogP contribution is 2.38. The van der Waals surface area contributed by atoms with E-state index in [2.05, 4.69) is 33.9 Å². The third-order valence-corrected chi connectivity index (χ3v) is 10.8. The fourth-order valence-electron chi connectivity index (χ4n) is 3.35. The minimum atomic E-state index is -1.71. The number of Topliss-reactive ketones (excluding diaryl/α,β-unsaturated/α-hetero) is 1. The van der Waals surface area contributed by atoms with E-state index in [1.165, 1.54) is 6.07 Å². The Balaban J connectivity index is 1.83. The summed E-state index contributed by atoms with van der Waals surface area (Å²) in [7, 11) is -1.71. The van der Waals surface area contributed by atoms with Gasteiger partial charge in [0.15, 0.2) is 14.1 Å². The number of hydrogen-bond donors (Lipinski definition) is 0. The van der Waals surface area contributed by atoms with E-state index in [9.17, 15) is 13.6 Å². The first kappa shape index (κ1) is 21.2. The molecule has 1 aromatic rings. The summed E-state index contributed by atoms with van der Waals surface area (Å²) in [6, 6.07) is 3.60. The van der Waals surface area contributed by atoms with Gasteiger partial charge < -0.3 is 4.43 Å². The van der Waals surface area contributed by atoms with Crippen LogP contribution in [0, 0.1) is 23.5 Å². The van der Waals surface area contributed by atoms with Crippen LogP contribution in [-0.4, -0.2) is 20.7 Å². The largest absolute Gasteiger partial charge is 0.417 e. The van der Waals surface area contributed by atoms with Crippen LogP contribution >= 0.6 is 0 Å². The normalized spacial score (nSPS) is 21.7. The highest BCUT2D eigenvalue weighted by atomic mass is 28.4. The van der Waals surface area contributed by atoms with Gasteiger partial charge >= 0.3 is 0 Å². The highest BCUT2D eigenvalue weighted by Gasteiger charge is 2.37. The van der Waals surface area contributed by atoms with Crippen LogP contribution in [0.3, 0.4) is 0 Å². The summed E-state index contributed by atoms with van der Waals surface area (Å²) in [6.07, 6.45) is 4.26. The van der Waals surface area contributed by atoms with Crippen molar-refractivity contribution in [1.82, 2.24) is 0 Å². The Morgan fingerprint density at radius 1 is 1.12 bits per heavy atom. The van der Waals surface area contributed by atoms with Crippen LogP contribution in [0.4, 0.5) is 8.78 Å². The molecule has 0 amide bonds. The molecule has 0 radical (unpaired) electrons. The Bertz CT molecular complexity index is 609. The van der Waals surface area contributed by atoms with Gasteiger partial charge in [-0.2, -0.15) is 0 Å². The summed E-state index contributed by atoms with van der Waals surface area (Å²) >= 11 is 0. The maximum absolute atomic E-state index is 13.8. The molecule has 0 aliphatic heterocycles. The topological polar surface area (TPSA) is 26.3 Å². The Labute approximate surface area is 157 Å². The molecule has 0 heterocycles. The lowest BCUT2D eigenvalue weighted by Crippen LogP contribution is -2.41. The lowest BCUT2D eigenvalue weighted by atomic mass is 9.77. The molecule has 26 heavy (non-hydrogen) atoms. The van der Waals surface area contributed by atoms with Crippen molar-refractivity contribution in [2.75, 3.05) is 6.61 Å². The Morgan fingerprint density at radius 3 is 2.15 bits per heavy atom. The molecule has 0 spiro atoms. The maximum Gasteiger partial charge on any atom is 0.191 e. The second-order valence-corrected chi connectivity index (χ2v) is 13.9. The third kappa shape index (κ3) is 5.01. The fraction of sp³-hybridized carbons (Fsp3) is 0.667. The van der Waals surface area contributed by atoms with Crippen molar-refractivity contribution in [3.63, 3.8) is 0 Å². The molecular weight excluding hydrogens is 350 g/mol. The molecule has 1 aromatic carbocycles. The van der Waals surface area contributed by atoms with Crippen molar-refractivity contribution in [3.8, 4) is 0 Å². The summed E-state index contributed by atoms with van der Waals surface area (Å²) in [4.78, 5) is 12.5. The van der Waals surface area contributed by atoms with Gasteiger partial charge in [-0.25, -0.2) is 8.78 Å². The molecule has 5 heteroatoms. The fourth-order valence-corrected chi connectivity index (χ4v) is 4.41. The van der Waals surface area contributed by atoms with Crippen LogP contribution in [0.25, 0.3) is 0 Å². The van der Waals surface area contributed by atoms with Crippen LogP contribution in [0.15, 0.2) is 18.2 Å². The molecule has 1 aliphatic carbocycles. The molecule has 1 saturated carbocycles. The first-order valence-electron chi connectivity index (χ1n) is 9.65. The molecule has 0 atom stereocenters. The smallest absolute Gasteiger partial charge is 0.191 e. The van der Waals surface area contributed by atoms with Crippen LogP contribution in [0.2, 0.25) is 18.1 Å². The van der Waals surface area contributed by atoms with Gasteiger partial charge in [0.1, 0.15) is 11.6 Å². The van der Waals surface area contributed by atoms with E-state index in [4.69, 9.17) is 4.43 Å². The van der Waals surface area contributed by atoms with E-state index in [0.717, 1.165) is 38.0 Å². The van der Waals surface area contributed by atoms with Crippen molar-refractivity contribution in [3.05, 3.63) is 35.4 Å². The van der Waals surface area contributed by atoms with E-state index < -0.39 is 20.0 Å². The SMILES string of the molecule is CC(C)(C)[Si](C)(C)OCCC1CCC(C(=O)c2c(F)cccc2F)CC1. The first-order chi connectivity index (χ1) is 12.0. The molecule has 2 rings (SSSR count). The second-order valence-electron chi connectivity index (χ2n) is 9.08. The summed E-state index contributed by atoms with van der Waals surface area (Å²) in [5.41, 5.74) is -0.364. The van der Waals surface area contributed by atoms with Crippen LogP contribution in [0.5, 0.6) is 0 Å². The van der Waals surface area contributed by atoms with Gasteiger partial charge in [-0.05, 0) is 68.3 Å². The molecule has 0 aromatic heterocycles. The van der Waals surface area contributed by atoms with Crippen molar-refractivity contribution >= 4 is 14.1 Å². The number of hydrogen-bond acceptors (Lipinski definition) is 2. The molecule has 146 valence electrons. The second kappa shape index (κ2) is 8.30. The van der Waals surface area contributed by atoms with Crippen molar-refractivity contribution in [2.45, 2.75) is 71.0 Å². The number of halogens is 2. The summed E-state index contributed by atoms with van der Waals surface area (Å²) < 4.78 is 33.9. The molecule has 0 N–H and O–H groups in total. The predicted octanol–water partition coefficient (Wildman–Crippen LogP) is 6.37. The average Bonchev–Trinajstić information content (AvgIpc) is 2.54. The number of carbonyl (C=O) groups is 1. The first-order valence-corrected chi connectivity index (χ1v) is 12.6. The van der Waals surface area contributed by atoms with Gasteiger partial charge in [-0.15, -0.1) is 0 Å². The Morgan fingerprint density at radius 2 is 1.65 bits per heavy atom. The number of ketones is 1. The quantitative estimate of drug-likeness (QED) is 0.422. The summed E-state index contributed by atoms with van der Waals surface area (Å²) in [6.45, 7) is 12.0. The molecule has 1 fully saturated rings. The lowest BCUT2D eigenvalue weighted by Gasteiger charge is -2.37. The number of benzene rings is 1. The minimum absolute atomic E-state index is 0.209. The zero-order chi connectivity index (χ0) is 19.5. The number of rotatable bonds is 6. The van der Waals surface area contributed by atoms with Crippen LogP contribution < -0.4 is 0 Å². The third-order valence-electron chi connectivity index (χ3n) is 6.22. The van der Waals surface area contributed by atoms with Crippen molar-refractivity contribution in [2.24, 2.45) is 11.8 Å². The molecular formula is C21H32F2O2Si. The Hall–Kier alpha value is -1.07. The molecule has 0 unspecified atom stereocenters. The highest BCUT2D eigenvalue weighted by molar-refractivity contribution is 6.74. The maximum atomic E-state index is 13.8. The standard InChI is InChI=1S/C21H32F2O2Si/c1-21(2,3)26(4,5)25-14-13-15-9-11-16(12-10-15)20(24)19-17(22)7-6-8-18(19)23/h6-8,15-16H,9-14H2,1-5H3. The molecule has 0 bridgehead atoms. The van der Waals surface area contributed by atoms with Gasteiger partial charge in [0.2, 0.25) is 0 Å². The monoisotopic (exact) mass is 382 g/mol. The van der Waals surface area contributed by atoms with Gasteiger partial charge in [0.05, 0.1) is 5.56 Å². The lowest BCUT2D eigenvalue weighted by molar-refractivity contribution is 0.0856. The van der Waals surface area contributed by atoms with E-state index in [1.807, 2.05) is 0 Å². The van der Waals surface area contributed by atoms with Crippen molar-refractivity contribution < 1.29 is 18.0 Å². The van der Waals surface area contributed by atoms with Crippen LogP contribution in [-0.2, 0) is 4.43 Å². The molecule has 2 nitrogen and oxygen atoms in total. The molecule has 0 saturated heterocycles. The predicted molar refractivity (Wildman–Crippen MR) is 104 cm³/mol. The van der Waals surface area contributed by atoms with Crippen molar-refractivity contribution in [1.29, 1.82) is 0 Å². The van der Waals surface area contributed by atoms with E-state index in [0.29, 0.717) is 18.8 Å². The van der Waals surface area contributed by atoms with Crippen LogP contribution in [0.1, 0.15) is 63.2 Å². The number of carbonyl (C=O) groups excluding carboxylic acids is 1.